The van der Waals surface area contributed by atoms with E-state index in [2.05, 4.69) is 11.0 Å². The Balaban J connectivity index is 2.59. The first-order valence-corrected chi connectivity index (χ1v) is 4.30. The zero-order chi connectivity index (χ0) is 9.84. The van der Waals surface area contributed by atoms with Crippen LogP contribution in [0.2, 0.25) is 0 Å². The summed E-state index contributed by atoms with van der Waals surface area (Å²) in [6.45, 7) is 1.81. The van der Waals surface area contributed by atoms with Crippen molar-refractivity contribution in [1.29, 1.82) is 0 Å². The topological polar surface area (TPSA) is 29.5 Å². The van der Waals surface area contributed by atoms with Crippen LogP contribution in [-0.4, -0.2) is 31.6 Å². The Labute approximate surface area is 78.7 Å². The Hall–Kier alpha value is -1.25. The van der Waals surface area contributed by atoms with Crippen molar-refractivity contribution in [2.24, 2.45) is 0 Å². The van der Waals surface area contributed by atoms with Gasteiger partial charge >= 0.3 is 5.97 Å². The average molecular weight is 181 g/mol. The smallest absolute Gasteiger partial charge is 0.302 e. The molecule has 0 spiro atoms. The van der Waals surface area contributed by atoms with Crippen molar-refractivity contribution in [2.45, 2.75) is 13.3 Å². The second kappa shape index (κ2) is 4.12. The summed E-state index contributed by atoms with van der Waals surface area (Å²) in [5, 5.41) is 0. The molecule has 3 heteroatoms. The average Bonchev–Trinajstić information content (AvgIpc) is 2.47. The van der Waals surface area contributed by atoms with Gasteiger partial charge in [0.1, 0.15) is 6.61 Å². The number of esters is 1. The van der Waals surface area contributed by atoms with Crippen LogP contribution in [-0.2, 0) is 9.53 Å². The number of rotatable bonds is 3. The summed E-state index contributed by atoms with van der Waals surface area (Å²) >= 11 is 0. The highest BCUT2D eigenvalue weighted by Gasteiger charge is 2.11. The molecule has 0 aromatic carbocycles. The normalized spacial score (nSPS) is 15.0. The second-order valence-electron chi connectivity index (χ2n) is 3.25. The summed E-state index contributed by atoms with van der Waals surface area (Å²) in [6.07, 6.45) is 5.02. The van der Waals surface area contributed by atoms with Gasteiger partial charge < -0.3 is 9.64 Å². The summed E-state index contributed by atoms with van der Waals surface area (Å²) in [7, 11) is 3.99. The van der Waals surface area contributed by atoms with Gasteiger partial charge in [0.2, 0.25) is 0 Å². The Morgan fingerprint density at radius 3 is 2.85 bits per heavy atom. The molecule has 1 aliphatic carbocycles. The van der Waals surface area contributed by atoms with Gasteiger partial charge in [-0.3, -0.25) is 4.79 Å². The lowest BCUT2D eigenvalue weighted by Gasteiger charge is -2.16. The standard InChI is InChI=1S/C10H15NO2/c1-8(12)13-7-9-5-4-6-10(9)11(2)3/h4-5H,6-7H2,1-3H3. The first-order chi connectivity index (χ1) is 6.11. The molecule has 0 amide bonds. The maximum absolute atomic E-state index is 10.6. The first kappa shape index (κ1) is 9.84. The van der Waals surface area contributed by atoms with Gasteiger partial charge in [-0.25, -0.2) is 0 Å². The number of carbonyl (C=O) groups is 1. The maximum atomic E-state index is 10.6. The highest BCUT2D eigenvalue weighted by molar-refractivity contribution is 5.66. The van der Waals surface area contributed by atoms with Gasteiger partial charge in [-0.1, -0.05) is 12.2 Å². The molecule has 0 heterocycles. The quantitative estimate of drug-likeness (QED) is 0.615. The van der Waals surface area contributed by atoms with Crippen LogP contribution in [0.5, 0.6) is 0 Å². The molecular formula is C10H15NO2. The van der Waals surface area contributed by atoms with Crippen molar-refractivity contribution >= 4 is 5.97 Å². The summed E-state index contributed by atoms with van der Waals surface area (Å²) in [6, 6.07) is 0. The fourth-order valence-electron chi connectivity index (χ4n) is 1.32. The second-order valence-corrected chi connectivity index (χ2v) is 3.25. The fourth-order valence-corrected chi connectivity index (χ4v) is 1.32. The minimum absolute atomic E-state index is 0.231. The molecule has 0 N–H and O–H groups in total. The van der Waals surface area contributed by atoms with E-state index in [1.54, 1.807) is 0 Å². The molecule has 0 bridgehead atoms. The third-order valence-corrected chi connectivity index (χ3v) is 1.97. The summed E-state index contributed by atoms with van der Waals surface area (Å²) in [5.74, 6) is -0.231. The van der Waals surface area contributed by atoms with Crippen molar-refractivity contribution in [3.05, 3.63) is 23.4 Å². The molecule has 0 saturated carbocycles. The van der Waals surface area contributed by atoms with Gasteiger partial charge in [-0.15, -0.1) is 0 Å². The molecular weight excluding hydrogens is 166 g/mol. The molecule has 0 atom stereocenters. The minimum atomic E-state index is -0.231. The number of nitrogens with zero attached hydrogens (tertiary/aromatic N) is 1. The highest BCUT2D eigenvalue weighted by Crippen LogP contribution is 2.20. The van der Waals surface area contributed by atoms with Crippen LogP contribution in [0.1, 0.15) is 13.3 Å². The summed E-state index contributed by atoms with van der Waals surface area (Å²) < 4.78 is 4.93. The predicted octanol–water partition coefficient (Wildman–Crippen LogP) is 1.33. The van der Waals surface area contributed by atoms with E-state index >= 15 is 0 Å². The third kappa shape index (κ3) is 2.61. The molecule has 0 aromatic rings. The Morgan fingerprint density at radius 2 is 2.31 bits per heavy atom. The SMILES string of the molecule is CC(=O)OCC1=C(N(C)C)CC=C1. The van der Waals surface area contributed by atoms with Gasteiger partial charge in [-0.2, -0.15) is 0 Å². The lowest BCUT2D eigenvalue weighted by molar-refractivity contribution is -0.139. The van der Waals surface area contributed by atoms with Gasteiger partial charge in [0.25, 0.3) is 0 Å². The van der Waals surface area contributed by atoms with Crippen molar-refractivity contribution in [2.75, 3.05) is 20.7 Å². The van der Waals surface area contributed by atoms with E-state index in [0.29, 0.717) is 6.61 Å². The van der Waals surface area contributed by atoms with Crippen molar-refractivity contribution in [1.82, 2.24) is 4.90 Å². The number of allylic oxidation sites excluding steroid dienone is 1. The van der Waals surface area contributed by atoms with E-state index in [1.165, 1.54) is 12.6 Å². The number of carbonyl (C=O) groups excluding carboxylic acids is 1. The van der Waals surface area contributed by atoms with Crippen LogP contribution in [0.25, 0.3) is 0 Å². The largest absolute Gasteiger partial charge is 0.461 e. The molecule has 0 aromatic heterocycles. The Morgan fingerprint density at radius 1 is 1.62 bits per heavy atom. The Bertz CT molecular complexity index is 264. The molecule has 72 valence electrons. The van der Waals surface area contributed by atoms with Crippen molar-refractivity contribution in [3.8, 4) is 0 Å². The van der Waals surface area contributed by atoms with E-state index in [9.17, 15) is 4.79 Å². The van der Waals surface area contributed by atoms with E-state index in [4.69, 9.17) is 4.74 Å². The van der Waals surface area contributed by atoms with Gasteiger partial charge in [0.05, 0.1) is 0 Å². The molecule has 3 nitrogen and oxygen atoms in total. The molecule has 0 fully saturated rings. The first-order valence-electron chi connectivity index (χ1n) is 4.30. The minimum Gasteiger partial charge on any atom is -0.461 e. The van der Waals surface area contributed by atoms with Gasteiger partial charge in [-0.05, 0) is 0 Å². The van der Waals surface area contributed by atoms with E-state index in [1.807, 2.05) is 20.2 Å². The van der Waals surface area contributed by atoms with E-state index < -0.39 is 0 Å². The summed E-state index contributed by atoms with van der Waals surface area (Å²) in [5.41, 5.74) is 2.32. The summed E-state index contributed by atoms with van der Waals surface area (Å²) in [4.78, 5) is 12.6. The monoisotopic (exact) mass is 181 g/mol. The van der Waals surface area contributed by atoms with Crippen LogP contribution >= 0.6 is 0 Å². The molecule has 0 radical (unpaired) electrons. The maximum Gasteiger partial charge on any atom is 0.302 e. The lowest BCUT2D eigenvalue weighted by atomic mass is 10.2. The fraction of sp³-hybridized carbons (Fsp3) is 0.500. The van der Waals surface area contributed by atoms with Crippen LogP contribution in [0.4, 0.5) is 0 Å². The third-order valence-electron chi connectivity index (χ3n) is 1.97. The van der Waals surface area contributed by atoms with Crippen LogP contribution in [0.3, 0.4) is 0 Å². The Kier molecular flexibility index (Phi) is 3.12. The van der Waals surface area contributed by atoms with Crippen LogP contribution < -0.4 is 0 Å². The van der Waals surface area contributed by atoms with E-state index in [0.717, 1.165) is 12.0 Å². The molecule has 1 rings (SSSR count). The predicted molar refractivity (Wildman–Crippen MR) is 51.1 cm³/mol. The molecule has 0 unspecified atom stereocenters. The zero-order valence-electron chi connectivity index (χ0n) is 8.33. The molecule has 13 heavy (non-hydrogen) atoms. The lowest BCUT2D eigenvalue weighted by Crippen LogP contribution is -2.13. The number of ether oxygens (including phenoxy) is 1. The highest BCUT2D eigenvalue weighted by atomic mass is 16.5. The van der Waals surface area contributed by atoms with Crippen LogP contribution in [0, 0.1) is 0 Å². The number of hydrogen-bond acceptors (Lipinski definition) is 3. The molecule has 0 saturated heterocycles. The van der Waals surface area contributed by atoms with Crippen LogP contribution in [0.15, 0.2) is 23.4 Å². The molecule has 1 aliphatic rings. The van der Waals surface area contributed by atoms with Crippen molar-refractivity contribution < 1.29 is 9.53 Å². The van der Waals surface area contributed by atoms with E-state index in [-0.39, 0.29) is 5.97 Å². The number of hydrogen-bond donors (Lipinski definition) is 0. The van der Waals surface area contributed by atoms with Gasteiger partial charge in [0, 0.05) is 38.7 Å². The van der Waals surface area contributed by atoms with Crippen molar-refractivity contribution in [3.63, 3.8) is 0 Å². The zero-order valence-corrected chi connectivity index (χ0v) is 8.33. The van der Waals surface area contributed by atoms with Gasteiger partial charge in [0.15, 0.2) is 0 Å². The molecule has 0 aliphatic heterocycles.